The summed E-state index contributed by atoms with van der Waals surface area (Å²) in [4.78, 5) is 39.0. The van der Waals surface area contributed by atoms with E-state index in [-0.39, 0.29) is 30.2 Å². The van der Waals surface area contributed by atoms with Crippen molar-refractivity contribution in [3.63, 3.8) is 0 Å². The summed E-state index contributed by atoms with van der Waals surface area (Å²) in [6.07, 6.45) is -0.0656. The lowest BCUT2D eigenvalue weighted by Crippen LogP contribution is -2.46. The van der Waals surface area contributed by atoms with Gasteiger partial charge in [-0.3, -0.25) is 14.4 Å². The number of imide groups is 1. The summed E-state index contributed by atoms with van der Waals surface area (Å²) in [6.45, 7) is 1.27. The van der Waals surface area contributed by atoms with Crippen LogP contribution < -0.4 is 19.7 Å². The number of ether oxygens (including phenoxy) is 2. The van der Waals surface area contributed by atoms with Crippen molar-refractivity contribution in [2.75, 3.05) is 31.0 Å². The summed E-state index contributed by atoms with van der Waals surface area (Å²) in [6, 6.07) is 16.3. The number of rotatable bonds is 10. The van der Waals surface area contributed by atoms with Crippen molar-refractivity contribution in [3.8, 4) is 11.5 Å². The Morgan fingerprint density at radius 3 is 2.25 bits per heavy atom. The van der Waals surface area contributed by atoms with E-state index in [0.29, 0.717) is 22.9 Å². The zero-order valence-corrected chi connectivity index (χ0v) is 24.5. The molecule has 1 atom stereocenters. The van der Waals surface area contributed by atoms with E-state index in [4.69, 9.17) is 9.47 Å². The number of nitrogens with one attached hydrogen (secondary N) is 1. The number of amides is 3. The standard InChI is InChI=1S/C28H28BrN3O7S/c1-18(33)30-21-7-11-23(12-8-21)40(36,37)31(15-14-19-4-13-25(38-2)26(16-19)39-3)24-17-27(34)32(28(24)35)22-9-5-20(29)6-10-22/h4-13,16,24H,14-15,17H2,1-3H3,(H,30,33). The van der Waals surface area contributed by atoms with Crippen LogP contribution in [0.25, 0.3) is 0 Å². The van der Waals surface area contributed by atoms with Crippen LogP contribution in [0.3, 0.4) is 0 Å². The zero-order valence-electron chi connectivity index (χ0n) is 22.1. The van der Waals surface area contributed by atoms with Gasteiger partial charge < -0.3 is 14.8 Å². The third-order valence-electron chi connectivity index (χ3n) is 6.41. The van der Waals surface area contributed by atoms with Crippen LogP contribution >= 0.6 is 15.9 Å². The van der Waals surface area contributed by atoms with Gasteiger partial charge in [0.25, 0.3) is 5.91 Å². The van der Waals surface area contributed by atoms with Crippen LogP contribution in [0.2, 0.25) is 0 Å². The molecule has 3 aromatic rings. The maximum Gasteiger partial charge on any atom is 0.252 e. The largest absolute Gasteiger partial charge is 0.493 e. The molecule has 0 aromatic heterocycles. The first-order chi connectivity index (χ1) is 19.0. The highest BCUT2D eigenvalue weighted by molar-refractivity contribution is 9.10. The summed E-state index contributed by atoms with van der Waals surface area (Å²) in [5.74, 6) is -0.411. The van der Waals surface area contributed by atoms with Gasteiger partial charge in [0, 0.05) is 23.6 Å². The van der Waals surface area contributed by atoms with Crippen LogP contribution in [0.1, 0.15) is 18.9 Å². The van der Waals surface area contributed by atoms with E-state index in [1.54, 1.807) is 42.5 Å². The van der Waals surface area contributed by atoms with Gasteiger partial charge in [-0.2, -0.15) is 4.31 Å². The molecule has 1 aliphatic heterocycles. The van der Waals surface area contributed by atoms with E-state index < -0.39 is 27.9 Å². The normalized spacial score (nSPS) is 15.4. The van der Waals surface area contributed by atoms with Crippen LogP contribution in [0.15, 0.2) is 76.1 Å². The van der Waals surface area contributed by atoms with Gasteiger partial charge in [0.05, 0.1) is 31.2 Å². The summed E-state index contributed by atoms with van der Waals surface area (Å²) < 4.78 is 40.4. The minimum atomic E-state index is -4.24. The van der Waals surface area contributed by atoms with Crippen molar-refractivity contribution in [3.05, 3.63) is 76.8 Å². The number of carbonyl (C=O) groups is 3. The number of halogens is 1. The van der Waals surface area contributed by atoms with Gasteiger partial charge in [0.1, 0.15) is 6.04 Å². The molecule has 3 amide bonds. The van der Waals surface area contributed by atoms with Gasteiger partial charge in [-0.25, -0.2) is 13.3 Å². The van der Waals surface area contributed by atoms with E-state index >= 15 is 0 Å². The first-order valence-electron chi connectivity index (χ1n) is 12.3. The van der Waals surface area contributed by atoms with Crippen LogP contribution in [0, 0.1) is 0 Å². The molecule has 10 nitrogen and oxygen atoms in total. The summed E-state index contributed by atoms with van der Waals surface area (Å²) in [5.41, 5.74) is 1.54. The minimum absolute atomic E-state index is 0.0729. The Hall–Kier alpha value is -3.74. The number of hydrogen-bond donors (Lipinski definition) is 1. The van der Waals surface area contributed by atoms with Gasteiger partial charge >= 0.3 is 0 Å². The van der Waals surface area contributed by atoms with E-state index in [2.05, 4.69) is 21.2 Å². The van der Waals surface area contributed by atoms with Crippen LogP contribution in [-0.2, 0) is 30.8 Å². The highest BCUT2D eigenvalue weighted by Crippen LogP contribution is 2.32. The van der Waals surface area contributed by atoms with E-state index in [1.165, 1.54) is 45.4 Å². The van der Waals surface area contributed by atoms with Gasteiger partial charge in [-0.15, -0.1) is 0 Å². The molecule has 0 aliphatic carbocycles. The maximum absolute atomic E-state index is 13.9. The third-order valence-corrected chi connectivity index (χ3v) is 8.86. The van der Waals surface area contributed by atoms with E-state index in [9.17, 15) is 22.8 Å². The summed E-state index contributed by atoms with van der Waals surface area (Å²) in [5, 5.41) is 2.60. The quantitative estimate of drug-likeness (QED) is 0.336. The van der Waals surface area contributed by atoms with Crippen molar-refractivity contribution < 1.29 is 32.3 Å². The molecule has 210 valence electrons. The Kier molecular flexibility index (Phi) is 8.92. The number of nitrogens with zero attached hydrogens (tertiary/aromatic N) is 2. The topological polar surface area (TPSA) is 122 Å². The maximum atomic E-state index is 13.9. The lowest BCUT2D eigenvalue weighted by atomic mass is 10.1. The molecular weight excluding hydrogens is 602 g/mol. The van der Waals surface area contributed by atoms with E-state index in [0.717, 1.165) is 19.2 Å². The fourth-order valence-corrected chi connectivity index (χ4v) is 6.32. The average Bonchev–Trinajstić information content (AvgIpc) is 3.22. The smallest absolute Gasteiger partial charge is 0.252 e. The number of hydrogen-bond acceptors (Lipinski definition) is 7. The van der Waals surface area contributed by atoms with Gasteiger partial charge in [0.15, 0.2) is 11.5 Å². The molecule has 1 N–H and O–H groups in total. The van der Waals surface area contributed by atoms with Crippen molar-refractivity contribution >= 4 is 55.0 Å². The second-order valence-corrected chi connectivity index (χ2v) is 11.8. The van der Waals surface area contributed by atoms with Crippen molar-refractivity contribution in [1.29, 1.82) is 0 Å². The summed E-state index contributed by atoms with van der Waals surface area (Å²) in [7, 11) is -1.22. The highest BCUT2D eigenvalue weighted by Gasteiger charge is 2.46. The monoisotopic (exact) mass is 629 g/mol. The van der Waals surface area contributed by atoms with Crippen LogP contribution in [-0.4, -0.2) is 57.3 Å². The molecule has 1 heterocycles. The lowest BCUT2D eigenvalue weighted by Gasteiger charge is -2.27. The Labute approximate surface area is 241 Å². The first-order valence-corrected chi connectivity index (χ1v) is 14.5. The minimum Gasteiger partial charge on any atom is -0.493 e. The molecule has 1 saturated heterocycles. The molecule has 4 rings (SSSR count). The van der Waals surface area contributed by atoms with Crippen LogP contribution in [0.4, 0.5) is 11.4 Å². The van der Waals surface area contributed by atoms with Gasteiger partial charge in [-0.1, -0.05) is 22.0 Å². The number of sulfonamides is 1. The number of benzene rings is 3. The molecule has 40 heavy (non-hydrogen) atoms. The summed E-state index contributed by atoms with van der Waals surface area (Å²) >= 11 is 3.34. The van der Waals surface area contributed by atoms with Crippen LogP contribution in [0.5, 0.6) is 11.5 Å². The number of methoxy groups -OCH3 is 2. The molecule has 1 unspecified atom stereocenters. The third kappa shape index (κ3) is 6.19. The fraction of sp³-hybridized carbons (Fsp3) is 0.250. The first kappa shape index (κ1) is 29.2. The van der Waals surface area contributed by atoms with Crippen molar-refractivity contribution in [1.82, 2.24) is 4.31 Å². The molecule has 1 fully saturated rings. The zero-order chi connectivity index (χ0) is 29.0. The molecule has 0 spiro atoms. The Balaban J connectivity index is 1.69. The molecule has 0 saturated carbocycles. The Bertz CT molecular complexity index is 1530. The molecule has 3 aromatic carbocycles. The highest BCUT2D eigenvalue weighted by atomic mass is 79.9. The van der Waals surface area contributed by atoms with Crippen molar-refractivity contribution in [2.24, 2.45) is 0 Å². The lowest BCUT2D eigenvalue weighted by molar-refractivity contribution is -0.122. The van der Waals surface area contributed by atoms with Gasteiger partial charge in [0.2, 0.25) is 21.8 Å². The van der Waals surface area contributed by atoms with Crippen molar-refractivity contribution in [2.45, 2.75) is 30.7 Å². The van der Waals surface area contributed by atoms with E-state index in [1.807, 2.05) is 0 Å². The predicted octanol–water partition coefficient (Wildman–Crippen LogP) is 3.99. The molecule has 0 radical (unpaired) electrons. The number of anilines is 2. The Morgan fingerprint density at radius 1 is 1.00 bits per heavy atom. The van der Waals surface area contributed by atoms with Gasteiger partial charge in [-0.05, 0) is 72.6 Å². The molecule has 12 heteroatoms. The molecule has 0 bridgehead atoms. The fourth-order valence-electron chi connectivity index (χ4n) is 4.47. The Morgan fingerprint density at radius 2 is 1.65 bits per heavy atom. The molecule has 1 aliphatic rings. The second kappa shape index (κ2) is 12.2. The average molecular weight is 631 g/mol. The second-order valence-electron chi connectivity index (χ2n) is 9.02. The number of carbonyl (C=O) groups excluding carboxylic acids is 3. The predicted molar refractivity (Wildman–Crippen MR) is 153 cm³/mol. The molecular formula is C28H28BrN3O7S. The SMILES string of the molecule is COc1ccc(CCN(C2CC(=O)N(c3ccc(Br)cc3)C2=O)S(=O)(=O)c2ccc(NC(C)=O)cc2)cc1OC.